The molecule has 0 atom stereocenters. The minimum Gasteiger partial charge on any atom is -0.302 e. The summed E-state index contributed by atoms with van der Waals surface area (Å²) in [5, 5.41) is 0. The lowest BCUT2D eigenvalue weighted by molar-refractivity contribution is -0.659. The first-order valence-corrected chi connectivity index (χ1v) is 37.1. The summed E-state index contributed by atoms with van der Waals surface area (Å²) in [6, 6.07) is 49.0. The fourth-order valence-electron chi connectivity index (χ4n) is 16.1. The zero-order valence-corrected chi connectivity index (χ0v) is 64.3. The minimum absolute atomic E-state index is 0.371. The van der Waals surface area contributed by atoms with Gasteiger partial charge in [0.25, 0.3) is 17.5 Å². The van der Waals surface area contributed by atoms with Crippen LogP contribution in [0.3, 0.4) is 0 Å². The van der Waals surface area contributed by atoms with Crippen molar-refractivity contribution in [3.05, 3.63) is 262 Å². The molecule has 17 rings (SSSR count). The molecular formula is C93H101N12+3. The lowest BCUT2D eigenvalue weighted by atomic mass is 9.88. The van der Waals surface area contributed by atoms with Crippen molar-refractivity contribution >= 4 is 51.7 Å². The molecule has 12 nitrogen and oxygen atoms in total. The molecule has 12 heteroatoms. The molecule has 6 aromatic heterocycles. The van der Waals surface area contributed by atoms with Gasteiger partial charge in [0, 0.05) is 76.7 Å². The molecule has 0 aliphatic carbocycles. The van der Waals surface area contributed by atoms with Gasteiger partial charge in [-0.1, -0.05) is 198 Å². The van der Waals surface area contributed by atoms with E-state index in [1.165, 1.54) is 50.4 Å². The first kappa shape index (κ1) is 64.8. The molecule has 3 aliphatic rings. The van der Waals surface area contributed by atoms with Crippen LogP contribution in [0.2, 0.25) is 0 Å². The molecule has 0 amide bonds. The smallest absolute Gasteiger partial charge is 0.296 e. The zero-order valence-electron chi connectivity index (χ0n) is 68.3. The maximum Gasteiger partial charge on any atom is 0.296 e. The Kier molecular flexibility index (Phi) is 17.2. The van der Waals surface area contributed by atoms with Gasteiger partial charge in [-0.25, -0.2) is 28.7 Å². The first-order chi connectivity index (χ1) is 51.8. The van der Waals surface area contributed by atoms with Crippen LogP contribution in [0.4, 0.5) is 0 Å². The van der Waals surface area contributed by atoms with Gasteiger partial charge in [-0.05, 0) is 138 Å². The summed E-state index contributed by atoms with van der Waals surface area (Å²) in [4.78, 5) is 14.7. The summed E-state index contributed by atoms with van der Waals surface area (Å²) in [6.07, 6.45) is 28.1. The third kappa shape index (κ3) is 12.2. The van der Waals surface area contributed by atoms with Gasteiger partial charge in [0.05, 0.1) is 70.9 Å². The van der Waals surface area contributed by atoms with Crippen molar-refractivity contribution in [3.8, 4) is 73.5 Å². The number of hydrogen-bond donors (Lipinski definition) is 0. The van der Waals surface area contributed by atoms with Crippen molar-refractivity contribution < 1.29 is 19.2 Å². The monoisotopic (exact) mass is 1390 g/mol. The molecule has 0 bridgehead atoms. The third-order valence-electron chi connectivity index (χ3n) is 21.4. The molecule has 0 saturated heterocycles. The first-order valence-electron chi connectivity index (χ1n) is 39.1. The Hall–Kier alpha value is -11.0. The van der Waals surface area contributed by atoms with E-state index in [1.807, 2.05) is 91.8 Å². The van der Waals surface area contributed by atoms with Crippen LogP contribution >= 0.6 is 0 Å². The fraction of sp³-hybridized carbons (Fsp3) is 0.290. The van der Waals surface area contributed by atoms with Crippen LogP contribution in [0.5, 0.6) is 0 Å². The lowest BCUT2D eigenvalue weighted by Gasteiger charge is -2.20. The van der Waals surface area contributed by atoms with Gasteiger partial charge in [-0.15, -0.1) is 0 Å². The molecule has 0 fully saturated rings. The van der Waals surface area contributed by atoms with Crippen molar-refractivity contribution in [2.45, 2.75) is 159 Å². The molecule has 9 heterocycles. The van der Waals surface area contributed by atoms with E-state index >= 15 is 0 Å². The average molecular weight is 1390 g/mol. The highest BCUT2D eigenvalue weighted by Gasteiger charge is 2.35. The second-order valence-electron chi connectivity index (χ2n) is 30.3. The Labute approximate surface area is 625 Å². The summed E-state index contributed by atoms with van der Waals surface area (Å²) < 4.78 is 56.3. The van der Waals surface area contributed by atoms with Crippen molar-refractivity contribution in [1.82, 2.24) is 42.4 Å². The summed E-state index contributed by atoms with van der Waals surface area (Å²) >= 11 is 0. The number of aryl methyl sites for hydroxylation is 6. The summed E-state index contributed by atoms with van der Waals surface area (Å²) in [5.41, 5.74) is 27.5. The van der Waals surface area contributed by atoms with E-state index in [2.05, 4.69) is 288 Å². The molecule has 8 aromatic carbocycles. The third-order valence-corrected chi connectivity index (χ3v) is 21.4. The zero-order chi connectivity index (χ0) is 77.2. The van der Waals surface area contributed by atoms with Crippen LogP contribution in [0.1, 0.15) is 192 Å². The fourth-order valence-corrected chi connectivity index (χ4v) is 16.1. The topological polar surface area (TPSA) is 79.9 Å². The molecule has 3 aliphatic heterocycles. The van der Waals surface area contributed by atoms with Gasteiger partial charge in [0.15, 0.2) is 0 Å². The van der Waals surface area contributed by atoms with Crippen LogP contribution < -0.4 is 13.7 Å². The minimum atomic E-state index is -0.901. The van der Waals surface area contributed by atoms with Gasteiger partial charge in [-0.3, -0.25) is 0 Å². The van der Waals surface area contributed by atoms with Crippen molar-refractivity contribution in [2.24, 2.45) is 21.1 Å². The highest BCUT2D eigenvalue weighted by Crippen LogP contribution is 2.44. The second-order valence-corrected chi connectivity index (χ2v) is 30.3. The van der Waals surface area contributed by atoms with E-state index in [0.29, 0.717) is 11.8 Å². The van der Waals surface area contributed by atoms with Crippen LogP contribution in [-0.4, -0.2) is 42.4 Å². The Balaban J connectivity index is 0.000000131. The van der Waals surface area contributed by atoms with Gasteiger partial charge in [0.1, 0.15) is 71.7 Å². The van der Waals surface area contributed by atoms with Crippen molar-refractivity contribution in [3.63, 3.8) is 0 Å². The van der Waals surface area contributed by atoms with Gasteiger partial charge in [0.2, 0.25) is 0 Å². The van der Waals surface area contributed by atoms with Crippen LogP contribution in [0.25, 0.3) is 125 Å². The van der Waals surface area contributed by atoms with Crippen LogP contribution in [0, 0.1) is 20.8 Å². The van der Waals surface area contributed by atoms with Gasteiger partial charge < -0.3 is 13.7 Å². The van der Waals surface area contributed by atoms with E-state index in [9.17, 15) is 2.74 Å². The number of fused-ring (bicyclic) bond motifs is 9. The van der Waals surface area contributed by atoms with Crippen LogP contribution in [0.15, 0.2) is 195 Å². The number of imidazole rings is 6. The molecule has 0 N–H and O–H groups in total. The standard InChI is InChI=1S/2C33H35N4.C27H31N4/c2*1-21(2)26-19-25(24-11-8-7-9-12-24)20-27(22(3)4)31(26)37-18-17-35(6)33(37)30-23(5)14-15-28-32(30)36-16-10-13-29(36)34-28;1-17(2)20-9-7-10-21(18(3)4)25(20)31-16-15-29(6)27(31)24-19(5)12-13-22-26(24)30-14-8-11-23(30)28-22/h2*7-12,14-22H,13H2,1-6H3;7-10,12-18H,11H2,1-6H3/q3*+1/i21D,22D;;17D,18D. The number of allylic oxidation sites excluding steroid dienone is 3. The largest absolute Gasteiger partial charge is 0.302 e. The van der Waals surface area contributed by atoms with Crippen molar-refractivity contribution in [1.29, 1.82) is 0 Å². The van der Waals surface area contributed by atoms with E-state index in [-0.39, 0.29) is 0 Å². The number of hydrogen-bond acceptors (Lipinski definition) is 3. The quantitative estimate of drug-likeness (QED) is 0.102. The predicted molar refractivity (Wildman–Crippen MR) is 434 cm³/mol. The second kappa shape index (κ2) is 27.9. The number of rotatable bonds is 14. The Morgan fingerprint density at radius 2 is 0.638 bits per heavy atom. The Bertz CT molecular complexity index is 5910. The number of para-hydroxylation sites is 1. The molecule has 0 saturated carbocycles. The Morgan fingerprint density at radius 1 is 0.343 bits per heavy atom. The summed E-state index contributed by atoms with van der Waals surface area (Å²) in [5.74, 6) is 3.71. The van der Waals surface area contributed by atoms with E-state index in [0.717, 1.165) is 143 Å². The molecule has 14 aromatic rings. The normalized spacial score (nSPS) is 13.9. The molecule has 0 radical (unpaired) electrons. The highest BCUT2D eigenvalue weighted by atomic mass is 15.2. The van der Waals surface area contributed by atoms with E-state index < -0.39 is 23.6 Å². The lowest BCUT2D eigenvalue weighted by Crippen LogP contribution is -2.29. The van der Waals surface area contributed by atoms with Gasteiger partial charge in [-0.2, -0.15) is 13.7 Å². The van der Waals surface area contributed by atoms with Gasteiger partial charge >= 0.3 is 0 Å². The highest BCUT2D eigenvalue weighted by molar-refractivity contribution is 5.97. The van der Waals surface area contributed by atoms with Crippen molar-refractivity contribution in [2.75, 3.05) is 0 Å². The number of benzene rings is 8. The van der Waals surface area contributed by atoms with E-state index in [4.69, 9.17) is 17.7 Å². The molecule has 530 valence electrons. The average Bonchev–Trinajstić information content (AvgIpc) is 1.64. The molecule has 0 unspecified atom stereocenters. The Morgan fingerprint density at radius 3 is 0.943 bits per heavy atom. The van der Waals surface area contributed by atoms with E-state index in [1.54, 1.807) is 0 Å². The summed E-state index contributed by atoms with van der Waals surface area (Å²) in [6.45, 7) is 31.1. The molecule has 0 spiro atoms. The number of nitrogens with zero attached hydrogens (tertiary/aromatic N) is 12. The molecular weight excluding hydrogens is 1290 g/mol. The van der Waals surface area contributed by atoms with Crippen LogP contribution in [-0.2, 0) is 40.4 Å². The maximum atomic E-state index is 9.25. The SMILES string of the molecule is Cc1ccc2nc3n(c2c1-c1n(-c2c(C(C)C)cc(-c4ccccc4)cc2C(C)C)cc[n+]1C)C=CC3.[2H]C(C)(C)c1cc(-c2ccccc2)cc(C([2H])(C)C)c1-n1cc[n+](C)c1-c1c(C)ccc2nc3n(c12)C=CC3.[2H]C(C)(C)c1cccc(C([2H])(C)C)c1-n1cc[n+](C)c1-c1c(C)ccc2nc3n(c12)C=CC3. The molecule has 105 heavy (non-hydrogen) atoms. The maximum absolute atomic E-state index is 9.25. The number of aromatic nitrogens is 12. The predicted octanol–water partition coefficient (Wildman–Crippen LogP) is 21.0. The summed E-state index contributed by atoms with van der Waals surface area (Å²) in [7, 11) is 6.28.